The van der Waals surface area contributed by atoms with E-state index in [1.165, 1.54) is 0 Å². The standard InChI is InChI=1S/C14H19N3O/c1-4-8-18-11-14-16-9-13(10-17-14)7-5-6-12(2)15-3/h1,5,7,9-10,12,15H,6,8,11H2,2-3H3. The molecule has 0 fully saturated rings. The van der Waals surface area contributed by atoms with E-state index in [9.17, 15) is 0 Å². The van der Waals surface area contributed by atoms with Gasteiger partial charge in [0.25, 0.3) is 0 Å². The molecular weight excluding hydrogens is 226 g/mol. The summed E-state index contributed by atoms with van der Waals surface area (Å²) in [4.78, 5) is 8.39. The highest BCUT2D eigenvalue weighted by Gasteiger charge is 1.96. The smallest absolute Gasteiger partial charge is 0.153 e. The summed E-state index contributed by atoms with van der Waals surface area (Å²) in [6, 6.07) is 0.471. The van der Waals surface area contributed by atoms with E-state index in [4.69, 9.17) is 11.2 Å². The summed E-state index contributed by atoms with van der Waals surface area (Å²) in [5.41, 5.74) is 0.985. The topological polar surface area (TPSA) is 47.0 Å². The fourth-order valence-electron chi connectivity index (χ4n) is 1.25. The van der Waals surface area contributed by atoms with Crippen LogP contribution in [0.5, 0.6) is 0 Å². The molecule has 1 aromatic rings. The lowest BCUT2D eigenvalue weighted by Crippen LogP contribution is -2.19. The average Bonchev–Trinajstić information content (AvgIpc) is 2.40. The van der Waals surface area contributed by atoms with Crippen molar-refractivity contribution >= 4 is 6.08 Å². The van der Waals surface area contributed by atoms with E-state index >= 15 is 0 Å². The van der Waals surface area contributed by atoms with Crippen molar-refractivity contribution in [2.24, 2.45) is 0 Å². The van der Waals surface area contributed by atoms with Crippen molar-refractivity contribution < 1.29 is 4.74 Å². The number of hydrogen-bond donors (Lipinski definition) is 1. The molecule has 1 unspecified atom stereocenters. The van der Waals surface area contributed by atoms with Crippen LogP contribution in [0.1, 0.15) is 24.7 Å². The molecule has 0 saturated heterocycles. The van der Waals surface area contributed by atoms with Gasteiger partial charge in [0.1, 0.15) is 13.2 Å². The summed E-state index contributed by atoms with van der Waals surface area (Å²) in [5, 5.41) is 3.17. The molecule has 0 aliphatic rings. The second kappa shape index (κ2) is 8.40. The molecule has 1 rings (SSSR count). The Labute approximate surface area is 108 Å². The van der Waals surface area contributed by atoms with Crippen LogP contribution in [-0.4, -0.2) is 29.7 Å². The molecule has 18 heavy (non-hydrogen) atoms. The van der Waals surface area contributed by atoms with Crippen molar-refractivity contribution in [3.63, 3.8) is 0 Å². The van der Waals surface area contributed by atoms with Gasteiger partial charge in [-0.15, -0.1) is 6.42 Å². The normalized spacial score (nSPS) is 12.5. The maximum atomic E-state index is 5.15. The second-order valence-electron chi connectivity index (χ2n) is 3.96. The third kappa shape index (κ3) is 5.58. The predicted molar refractivity (Wildman–Crippen MR) is 72.7 cm³/mol. The zero-order valence-corrected chi connectivity index (χ0v) is 10.9. The highest BCUT2D eigenvalue weighted by molar-refractivity contribution is 5.46. The lowest BCUT2D eigenvalue weighted by Gasteiger charge is -2.04. The Kier molecular flexibility index (Phi) is 6.70. The molecule has 0 aliphatic carbocycles. The number of ether oxygens (including phenoxy) is 1. The lowest BCUT2D eigenvalue weighted by molar-refractivity contribution is 0.147. The van der Waals surface area contributed by atoms with Gasteiger partial charge in [0.2, 0.25) is 0 Å². The van der Waals surface area contributed by atoms with Crippen LogP contribution in [0.25, 0.3) is 6.08 Å². The van der Waals surface area contributed by atoms with Crippen molar-refractivity contribution in [1.82, 2.24) is 15.3 Å². The van der Waals surface area contributed by atoms with Crippen LogP contribution in [0.15, 0.2) is 18.5 Å². The van der Waals surface area contributed by atoms with Crippen molar-refractivity contribution in [1.29, 1.82) is 0 Å². The first-order valence-corrected chi connectivity index (χ1v) is 5.92. The van der Waals surface area contributed by atoms with Gasteiger partial charge in [0.15, 0.2) is 5.82 Å². The Balaban J connectivity index is 2.42. The van der Waals surface area contributed by atoms with E-state index in [1.807, 2.05) is 13.1 Å². The van der Waals surface area contributed by atoms with Gasteiger partial charge in [0, 0.05) is 24.0 Å². The predicted octanol–water partition coefficient (Wildman–Crippen LogP) is 1.64. The first-order valence-electron chi connectivity index (χ1n) is 5.92. The van der Waals surface area contributed by atoms with Gasteiger partial charge in [-0.25, -0.2) is 9.97 Å². The zero-order chi connectivity index (χ0) is 13.2. The number of terminal acetylenes is 1. The summed E-state index contributed by atoms with van der Waals surface area (Å²) in [7, 11) is 1.95. The molecular formula is C14H19N3O. The summed E-state index contributed by atoms with van der Waals surface area (Å²) in [6.07, 6.45) is 13.7. The molecule has 0 aromatic carbocycles. The number of aromatic nitrogens is 2. The molecule has 0 spiro atoms. The van der Waals surface area contributed by atoms with E-state index in [0.717, 1.165) is 12.0 Å². The van der Waals surface area contributed by atoms with Crippen molar-refractivity contribution in [2.45, 2.75) is 26.0 Å². The fourth-order valence-corrected chi connectivity index (χ4v) is 1.25. The van der Waals surface area contributed by atoms with Crippen LogP contribution < -0.4 is 5.32 Å². The van der Waals surface area contributed by atoms with Gasteiger partial charge in [-0.2, -0.15) is 0 Å². The van der Waals surface area contributed by atoms with Gasteiger partial charge in [-0.05, 0) is 20.4 Å². The van der Waals surface area contributed by atoms with Crippen LogP contribution in [0, 0.1) is 12.3 Å². The molecule has 1 heterocycles. The maximum absolute atomic E-state index is 5.15. The monoisotopic (exact) mass is 245 g/mol. The molecule has 4 heteroatoms. The van der Waals surface area contributed by atoms with Crippen LogP contribution >= 0.6 is 0 Å². The van der Waals surface area contributed by atoms with E-state index < -0.39 is 0 Å². The fraction of sp³-hybridized carbons (Fsp3) is 0.429. The third-order valence-corrected chi connectivity index (χ3v) is 2.43. The molecule has 1 N–H and O–H groups in total. The second-order valence-corrected chi connectivity index (χ2v) is 3.96. The number of hydrogen-bond acceptors (Lipinski definition) is 4. The molecule has 0 saturated carbocycles. The molecule has 1 aromatic heterocycles. The van der Waals surface area contributed by atoms with Crippen LogP contribution in [0.3, 0.4) is 0 Å². The van der Waals surface area contributed by atoms with Gasteiger partial charge in [0.05, 0.1) is 0 Å². The van der Waals surface area contributed by atoms with Gasteiger partial charge in [-0.3, -0.25) is 0 Å². The van der Waals surface area contributed by atoms with E-state index in [2.05, 4.69) is 34.2 Å². The van der Waals surface area contributed by atoms with Crippen molar-refractivity contribution in [3.05, 3.63) is 29.9 Å². The molecule has 4 nitrogen and oxygen atoms in total. The molecule has 0 radical (unpaired) electrons. The Bertz CT molecular complexity index is 406. The van der Waals surface area contributed by atoms with Gasteiger partial charge in [-0.1, -0.05) is 18.1 Å². The Hall–Kier alpha value is -1.70. The van der Waals surface area contributed by atoms with E-state index in [-0.39, 0.29) is 6.61 Å². The average molecular weight is 245 g/mol. The van der Waals surface area contributed by atoms with Crippen molar-refractivity contribution in [3.8, 4) is 12.3 Å². The molecule has 96 valence electrons. The molecule has 0 amide bonds. The molecule has 0 bridgehead atoms. The first-order chi connectivity index (χ1) is 8.76. The third-order valence-electron chi connectivity index (χ3n) is 2.43. The highest BCUT2D eigenvalue weighted by Crippen LogP contribution is 2.02. The Morgan fingerprint density at radius 1 is 1.50 bits per heavy atom. The minimum Gasteiger partial charge on any atom is -0.361 e. The Morgan fingerprint density at radius 2 is 2.22 bits per heavy atom. The number of nitrogens with zero attached hydrogens (tertiary/aromatic N) is 2. The molecule has 0 aliphatic heterocycles. The number of rotatable bonds is 7. The lowest BCUT2D eigenvalue weighted by atomic mass is 10.2. The summed E-state index contributed by atoms with van der Waals surface area (Å²) in [5.74, 6) is 3.04. The quantitative estimate of drug-likeness (QED) is 0.586. The first kappa shape index (κ1) is 14.4. The van der Waals surface area contributed by atoms with Gasteiger partial charge < -0.3 is 10.1 Å². The van der Waals surface area contributed by atoms with Gasteiger partial charge >= 0.3 is 0 Å². The highest BCUT2D eigenvalue weighted by atomic mass is 16.5. The number of nitrogens with one attached hydrogen (secondary N) is 1. The minimum absolute atomic E-state index is 0.285. The van der Waals surface area contributed by atoms with Crippen LogP contribution in [-0.2, 0) is 11.3 Å². The minimum atomic E-state index is 0.285. The van der Waals surface area contributed by atoms with Crippen molar-refractivity contribution in [2.75, 3.05) is 13.7 Å². The largest absolute Gasteiger partial charge is 0.361 e. The van der Waals surface area contributed by atoms with E-state index in [0.29, 0.717) is 18.5 Å². The van der Waals surface area contributed by atoms with E-state index in [1.54, 1.807) is 12.4 Å². The summed E-state index contributed by atoms with van der Waals surface area (Å²) < 4.78 is 5.15. The van der Waals surface area contributed by atoms with Crippen LogP contribution in [0.2, 0.25) is 0 Å². The SMILES string of the molecule is C#CCOCc1ncc(C=CCC(C)NC)cn1. The Morgan fingerprint density at radius 3 is 2.83 bits per heavy atom. The van der Waals surface area contributed by atoms with Crippen LogP contribution in [0.4, 0.5) is 0 Å². The summed E-state index contributed by atoms with van der Waals surface area (Å²) in [6.45, 7) is 2.77. The zero-order valence-electron chi connectivity index (χ0n) is 10.9. The maximum Gasteiger partial charge on any atom is 0.153 e. The summed E-state index contributed by atoms with van der Waals surface area (Å²) >= 11 is 0. The molecule has 1 atom stereocenters.